The third kappa shape index (κ3) is 2.93. The van der Waals surface area contributed by atoms with E-state index in [-0.39, 0.29) is 0 Å². The number of rotatable bonds is 5. The first-order valence-corrected chi connectivity index (χ1v) is 7.30. The largest absolute Gasteiger partial charge is 0.312 e. The second-order valence-corrected chi connectivity index (χ2v) is 5.30. The molecule has 1 aliphatic rings. The summed E-state index contributed by atoms with van der Waals surface area (Å²) >= 11 is 0. The normalized spacial score (nSPS) is 16.7. The van der Waals surface area contributed by atoms with E-state index in [4.69, 9.17) is 0 Å². The van der Waals surface area contributed by atoms with Crippen LogP contribution in [0.2, 0.25) is 0 Å². The molecule has 0 spiro atoms. The molecule has 0 saturated heterocycles. The van der Waals surface area contributed by atoms with Gasteiger partial charge >= 0.3 is 0 Å². The van der Waals surface area contributed by atoms with Crippen molar-refractivity contribution in [2.45, 2.75) is 52.7 Å². The molecule has 18 heavy (non-hydrogen) atoms. The predicted octanol–water partition coefficient (Wildman–Crippen LogP) is 2.95. The fourth-order valence-corrected chi connectivity index (χ4v) is 2.82. The highest BCUT2D eigenvalue weighted by molar-refractivity contribution is 5.37. The van der Waals surface area contributed by atoms with Gasteiger partial charge in [-0.3, -0.25) is 4.90 Å². The van der Waals surface area contributed by atoms with Gasteiger partial charge < -0.3 is 5.32 Å². The van der Waals surface area contributed by atoms with Crippen LogP contribution in [0.1, 0.15) is 43.9 Å². The zero-order chi connectivity index (χ0) is 13.0. The summed E-state index contributed by atoms with van der Waals surface area (Å²) in [4.78, 5) is 2.58. The van der Waals surface area contributed by atoms with Crippen LogP contribution >= 0.6 is 0 Å². The molecule has 1 aromatic carbocycles. The zero-order valence-corrected chi connectivity index (χ0v) is 12.0. The van der Waals surface area contributed by atoms with Gasteiger partial charge in [-0.1, -0.05) is 32.0 Å². The van der Waals surface area contributed by atoms with Crippen LogP contribution < -0.4 is 5.32 Å². The van der Waals surface area contributed by atoms with Crippen molar-refractivity contribution in [1.29, 1.82) is 0 Å². The molecule has 0 fully saturated rings. The molecule has 100 valence electrons. The van der Waals surface area contributed by atoms with Crippen LogP contribution in [0, 0.1) is 0 Å². The average Bonchev–Trinajstić information content (AvgIpc) is 2.44. The van der Waals surface area contributed by atoms with E-state index in [1.165, 1.54) is 24.0 Å². The highest BCUT2D eigenvalue weighted by Gasteiger charge is 2.16. The van der Waals surface area contributed by atoms with E-state index >= 15 is 0 Å². The Labute approximate surface area is 111 Å². The number of nitrogens with zero attached hydrogens (tertiary/aromatic N) is 1. The van der Waals surface area contributed by atoms with Crippen LogP contribution in [0.4, 0.5) is 0 Å². The van der Waals surface area contributed by atoms with Crippen molar-refractivity contribution >= 4 is 0 Å². The monoisotopic (exact) mass is 246 g/mol. The summed E-state index contributed by atoms with van der Waals surface area (Å²) in [6, 6.07) is 7.47. The van der Waals surface area contributed by atoms with E-state index in [9.17, 15) is 0 Å². The molecule has 1 aromatic rings. The maximum absolute atomic E-state index is 3.46. The van der Waals surface area contributed by atoms with Gasteiger partial charge in [0.15, 0.2) is 0 Å². The Hall–Kier alpha value is -0.860. The number of hydrogen-bond donors (Lipinski definition) is 1. The highest BCUT2D eigenvalue weighted by atomic mass is 15.1. The van der Waals surface area contributed by atoms with Gasteiger partial charge in [-0.25, -0.2) is 0 Å². The molecule has 2 nitrogen and oxygen atoms in total. The fraction of sp³-hybridized carbons (Fsp3) is 0.625. The summed E-state index contributed by atoms with van der Waals surface area (Å²) in [5, 5.41) is 3.46. The first-order chi connectivity index (χ1) is 8.76. The van der Waals surface area contributed by atoms with Gasteiger partial charge in [-0.05, 0) is 49.5 Å². The molecular formula is C16H26N2. The van der Waals surface area contributed by atoms with E-state index < -0.39 is 0 Å². The highest BCUT2D eigenvalue weighted by Crippen LogP contribution is 2.21. The molecule has 1 N–H and O–H groups in total. The molecule has 0 aromatic heterocycles. The first-order valence-electron chi connectivity index (χ1n) is 7.30. The average molecular weight is 246 g/mol. The second-order valence-electron chi connectivity index (χ2n) is 5.30. The number of benzene rings is 1. The van der Waals surface area contributed by atoms with Gasteiger partial charge in [0.25, 0.3) is 0 Å². The van der Waals surface area contributed by atoms with Crippen LogP contribution in [-0.2, 0) is 19.5 Å². The van der Waals surface area contributed by atoms with Gasteiger partial charge in [0.05, 0.1) is 0 Å². The maximum atomic E-state index is 3.46. The lowest BCUT2D eigenvalue weighted by Gasteiger charge is -2.29. The summed E-state index contributed by atoms with van der Waals surface area (Å²) < 4.78 is 0. The van der Waals surface area contributed by atoms with Crippen LogP contribution in [0.25, 0.3) is 0 Å². The minimum absolute atomic E-state index is 0.674. The maximum Gasteiger partial charge on any atom is 0.0239 e. The van der Waals surface area contributed by atoms with Crippen LogP contribution in [0.15, 0.2) is 18.2 Å². The van der Waals surface area contributed by atoms with Gasteiger partial charge in [-0.15, -0.1) is 0 Å². The first kappa shape index (κ1) is 13.6. The number of nitrogens with one attached hydrogen (secondary N) is 1. The molecule has 1 unspecified atom stereocenters. The molecule has 1 aliphatic heterocycles. The Morgan fingerprint density at radius 2 is 2.17 bits per heavy atom. The smallest absolute Gasteiger partial charge is 0.0239 e. The van der Waals surface area contributed by atoms with Gasteiger partial charge in [-0.2, -0.15) is 0 Å². The Kier molecular flexibility index (Phi) is 4.79. The van der Waals surface area contributed by atoms with E-state index in [1.54, 1.807) is 5.56 Å². The molecule has 0 bridgehead atoms. The Bertz CT molecular complexity index is 387. The van der Waals surface area contributed by atoms with Crippen LogP contribution in [0.3, 0.4) is 0 Å². The van der Waals surface area contributed by atoms with Crippen molar-refractivity contribution in [1.82, 2.24) is 10.2 Å². The quantitative estimate of drug-likeness (QED) is 0.859. The van der Waals surface area contributed by atoms with Crippen molar-refractivity contribution in [2.75, 3.05) is 13.1 Å². The summed E-state index contributed by atoms with van der Waals surface area (Å²) in [5.41, 5.74) is 4.63. The van der Waals surface area contributed by atoms with Crippen molar-refractivity contribution in [3.63, 3.8) is 0 Å². The van der Waals surface area contributed by atoms with E-state index in [1.807, 2.05) is 0 Å². The topological polar surface area (TPSA) is 15.3 Å². The minimum atomic E-state index is 0.674. The Balaban J connectivity index is 2.18. The van der Waals surface area contributed by atoms with E-state index in [0.717, 1.165) is 26.2 Å². The summed E-state index contributed by atoms with van der Waals surface area (Å²) in [7, 11) is 0. The zero-order valence-electron chi connectivity index (χ0n) is 12.0. The molecule has 0 saturated carbocycles. The van der Waals surface area contributed by atoms with Crippen LogP contribution in [0.5, 0.6) is 0 Å². The minimum Gasteiger partial charge on any atom is -0.312 e. The SMILES string of the molecule is CCC(C)N(CC)Cc1cccc2c1CCNC2. The third-order valence-electron chi connectivity index (χ3n) is 4.23. The third-order valence-corrected chi connectivity index (χ3v) is 4.23. The molecular weight excluding hydrogens is 220 g/mol. The lowest BCUT2D eigenvalue weighted by atomic mass is 9.95. The van der Waals surface area contributed by atoms with Crippen LogP contribution in [-0.4, -0.2) is 24.0 Å². The Morgan fingerprint density at radius 1 is 1.33 bits per heavy atom. The molecule has 2 rings (SSSR count). The van der Waals surface area contributed by atoms with Gasteiger partial charge in [0.1, 0.15) is 0 Å². The molecule has 0 radical (unpaired) electrons. The van der Waals surface area contributed by atoms with Gasteiger partial charge in [0.2, 0.25) is 0 Å². The lowest BCUT2D eigenvalue weighted by Crippen LogP contribution is -2.33. The molecule has 1 heterocycles. The number of fused-ring (bicyclic) bond motifs is 1. The second kappa shape index (κ2) is 6.35. The lowest BCUT2D eigenvalue weighted by molar-refractivity contribution is 0.205. The van der Waals surface area contributed by atoms with E-state index in [0.29, 0.717) is 6.04 Å². The molecule has 0 amide bonds. The standard InChI is InChI=1S/C16H26N2/c1-4-13(3)18(5-2)12-15-8-6-7-14-11-17-10-9-16(14)15/h6-8,13,17H,4-5,9-12H2,1-3H3. The van der Waals surface area contributed by atoms with Crippen molar-refractivity contribution < 1.29 is 0 Å². The predicted molar refractivity (Wildman–Crippen MR) is 77.7 cm³/mol. The van der Waals surface area contributed by atoms with E-state index in [2.05, 4.69) is 49.2 Å². The van der Waals surface area contributed by atoms with Crippen molar-refractivity contribution in [3.8, 4) is 0 Å². The molecule has 2 heteroatoms. The fourth-order valence-electron chi connectivity index (χ4n) is 2.82. The molecule has 0 aliphatic carbocycles. The van der Waals surface area contributed by atoms with Crippen molar-refractivity contribution in [2.24, 2.45) is 0 Å². The summed E-state index contributed by atoms with van der Waals surface area (Å²) in [6.45, 7) is 11.3. The van der Waals surface area contributed by atoms with Gasteiger partial charge in [0, 0.05) is 19.1 Å². The van der Waals surface area contributed by atoms with Crippen molar-refractivity contribution in [3.05, 3.63) is 34.9 Å². The Morgan fingerprint density at radius 3 is 2.89 bits per heavy atom. The molecule has 1 atom stereocenters. The summed E-state index contributed by atoms with van der Waals surface area (Å²) in [6.07, 6.45) is 2.41. The number of hydrogen-bond acceptors (Lipinski definition) is 2. The summed E-state index contributed by atoms with van der Waals surface area (Å²) in [5.74, 6) is 0.